The molecule has 1 aliphatic rings. The number of nitrogens with zero attached hydrogens (tertiary/aromatic N) is 2. The van der Waals surface area contributed by atoms with Gasteiger partial charge in [0, 0.05) is 24.0 Å². The van der Waals surface area contributed by atoms with Crippen LogP contribution in [0.1, 0.15) is 65.2 Å². The maximum absolute atomic E-state index is 11.4. The molecule has 0 unspecified atom stereocenters. The molecule has 0 aromatic carbocycles. The average molecular weight is 661 g/mol. The third-order valence-electron chi connectivity index (χ3n) is 6.01. The summed E-state index contributed by atoms with van der Waals surface area (Å²) in [6.07, 6.45) is 9.06. The van der Waals surface area contributed by atoms with E-state index in [1.165, 1.54) is 56.3 Å². The molecule has 1 saturated heterocycles. The highest BCUT2D eigenvalue weighted by atomic mass is 32.3. The number of ether oxygens (including phenoxy) is 2. The van der Waals surface area contributed by atoms with Gasteiger partial charge in [-0.3, -0.25) is 0 Å². The molecule has 0 aromatic heterocycles. The topological polar surface area (TPSA) is 135 Å². The number of alkyl halides is 6. The average Bonchev–Trinajstić information content (AvgIpc) is 3.30. The predicted molar refractivity (Wildman–Crippen MR) is 142 cm³/mol. The van der Waals surface area contributed by atoms with Crippen LogP contribution in [-0.4, -0.2) is 83.7 Å². The SMILES string of the molecule is C=C(C)C(=O)OCCCCC[N+]1(CCCCCOC(=O)C(=C)C)CCCC1.O=S(=O)([N-]S(=O)(=O)C(F)(F)F)C(F)(F)F. The summed E-state index contributed by atoms with van der Waals surface area (Å²) in [7, 11) is -13.4. The minimum absolute atomic E-state index is 0.285. The second kappa shape index (κ2) is 17.2. The molecule has 10 nitrogen and oxygen atoms in total. The van der Waals surface area contributed by atoms with Gasteiger partial charge in [-0.05, 0) is 52.4 Å². The highest BCUT2D eigenvalue weighted by molar-refractivity contribution is 8.13. The molecule has 1 heterocycles. The second-order valence-corrected chi connectivity index (χ2v) is 13.2. The minimum Gasteiger partial charge on any atom is -0.462 e. The van der Waals surface area contributed by atoms with Gasteiger partial charge >= 0.3 is 23.0 Å². The van der Waals surface area contributed by atoms with Crippen molar-refractivity contribution < 1.29 is 66.7 Å². The smallest absolute Gasteiger partial charge is 0.462 e. The lowest BCUT2D eigenvalue weighted by molar-refractivity contribution is -0.917. The maximum atomic E-state index is 11.4. The largest absolute Gasteiger partial charge is 0.480 e. The first-order valence-electron chi connectivity index (χ1n) is 12.9. The van der Waals surface area contributed by atoms with Gasteiger partial charge in [0.15, 0.2) is 20.0 Å². The number of hydrogen-bond donors (Lipinski definition) is 0. The quantitative estimate of drug-likeness (QED) is 0.0722. The fraction of sp³-hybridized carbons (Fsp3) is 0.750. The van der Waals surface area contributed by atoms with Crippen LogP contribution in [0.3, 0.4) is 0 Å². The van der Waals surface area contributed by atoms with E-state index in [0.29, 0.717) is 24.4 Å². The Morgan fingerprint density at radius 1 is 0.690 bits per heavy atom. The number of sulfonamides is 2. The van der Waals surface area contributed by atoms with Gasteiger partial charge < -0.3 is 18.1 Å². The van der Waals surface area contributed by atoms with E-state index in [9.17, 15) is 52.8 Å². The van der Waals surface area contributed by atoms with Crippen LogP contribution >= 0.6 is 0 Å². The van der Waals surface area contributed by atoms with E-state index in [0.717, 1.165) is 29.8 Å². The first-order valence-corrected chi connectivity index (χ1v) is 15.8. The van der Waals surface area contributed by atoms with Gasteiger partial charge in [0.1, 0.15) is 0 Å². The molecule has 0 bridgehead atoms. The molecule has 0 aromatic rings. The van der Waals surface area contributed by atoms with E-state index in [2.05, 4.69) is 13.2 Å². The first-order chi connectivity index (χ1) is 19.1. The third kappa shape index (κ3) is 14.8. The van der Waals surface area contributed by atoms with Crippen LogP contribution in [0.25, 0.3) is 4.13 Å². The van der Waals surface area contributed by atoms with Gasteiger partial charge in [-0.1, -0.05) is 13.2 Å². The molecular formula is C24H38F6N2O8S2. The van der Waals surface area contributed by atoms with Gasteiger partial charge in [0.05, 0.1) is 39.4 Å². The number of unbranched alkanes of at least 4 members (excludes halogenated alkanes) is 4. The lowest BCUT2D eigenvalue weighted by Gasteiger charge is -2.34. The van der Waals surface area contributed by atoms with Crippen LogP contribution in [0.15, 0.2) is 24.3 Å². The van der Waals surface area contributed by atoms with Crippen molar-refractivity contribution in [3.8, 4) is 0 Å². The van der Waals surface area contributed by atoms with Gasteiger partial charge in [-0.25, -0.2) is 26.4 Å². The monoisotopic (exact) mass is 660 g/mol. The number of esters is 2. The maximum Gasteiger partial charge on any atom is 0.480 e. The summed E-state index contributed by atoms with van der Waals surface area (Å²) in [6.45, 7) is 16.5. The van der Waals surface area contributed by atoms with Gasteiger partial charge in [0.25, 0.3) is 0 Å². The van der Waals surface area contributed by atoms with Crippen molar-refractivity contribution in [1.82, 2.24) is 0 Å². The molecule has 1 aliphatic heterocycles. The number of rotatable bonds is 16. The Hall–Kier alpha value is -2.18. The van der Waals surface area contributed by atoms with Gasteiger partial charge in [0.2, 0.25) is 0 Å². The normalized spacial score (nSPS) is 15.3. The molecule has 0 saturated carbocycles. The van der Waals surface area contributed by atoms with Crippen molar-refractivity contribution in [2.24, 2.45) is 0 Å². The van der Waals surface area contributed by atoms with Crippen LogP contribution < -0.4 is 0 Å². The zero-order chi connectivity index (χ0) is 32.8. The van der Waals surface area contributed by atoms with Crippen molar-refractivity contribution in [3.05, 3.63) is 28.4 Å². The van der Waals surface area contributed by atoms with Crippen molar-refractivity contribution in [2.45, 2.75) is 76.2 Å². The summed E-state index contributed by atoms with van der Waals surface area (Å²) in [6, 6.07) is 0. The van der Waals surface area contributed by atoms with E-state index in [-0.39, 0.29) is 11.9 Å². The summed E-state index contributed by atoms with van der Waals surface area (Å²) < 4.78 is 121. The van der Waals surface area contributed by atoms with E-state index in [1.54, 1.807) is 13.8 Å². The van der Waals surface area contributed by atoms with E-state index in [4.69, 9.17) is 9.47 Å². The highest BCUT2D eigenvalue weighted by Crippen LogP contribution is 2.36. The molecule has 0 N–H and O–H groups in total. The fourth-order valence-corrected chi connectivity index (χ4v) is 5.52. The van der Waals surface area contributed by atoms with Crippen LogP contribution in [-0.2, 0) is 39.1 Å². The summed E-state index contributed by atoms with van der Waals surface area (Å²) >= 11 is 0. The molecule has 0 atom stereocenters. The molecule has 246 valence electrons. The summed E-state index contributed by atoms with van der Waals surface area (Å²) in [5.74, 6) is -0.570. The van der Waals surface area contributed by atoms with Crippen molar-refractivity contribution >= 4 is 32.0 Å². The molecule has 0 radical (unpaired) electrons. The number of halogens is 6. The summed E-state index contributed by atoms with van der Waals surface area (Å²) in [5.41, 5.74) is -11.5. The Labute approximate surface area is 242 Å². The lowest BCUT2D eigenvalue weighted by Crippen LogP contribution is -2.46. The third-order valence-corrected chi connectivity index (χ3v) is 8.75. The van der Waals surface area contributed by atoms with Crippen LogP contribution in [0, 0.1) is 0 Å². The Kier molecular flexibility index (Phi) is 16.3. The van der Waals surface area contributed by atoms with Crippen LogP contribution in [0.2, 0.25) is 0 Å². The molecule has 0 amide bonds. The van der Waals surface area contributed by atoms with Crippen LogP contribution in [0.5, 0.6) is 0 Å². The Balaban J connectivity index is 0.000000951. The molecule has 1 fully saturated rings. The summed E-state index contributed by atoms with van der Waals surface area (Å²) in [4.78, 5) is 22.7. The molecule has 18 heteroatoms. The molecule has 0 aliphatic carbocycles. The number of quaternary nitrogens is 1. The number of carbonyl (C=O) groups excluding carboxylic acids is 2. The minimum atomic E-state index is -6.72. The van der Waals surface area contributed by atoms with Crippen molar-refractivity contribution in [1.29, 1.82) is 0 Å². The zero-order valence-corrected chi connectivity index (χ0v) is 25.2. The first kappa shape index (κ1) is 39.8. The van der Waals surface area contributed by atoms with Crippen molar-refractivity contribution in [3.63, 3.8) is 0 Å². The van der Waals surface area contributed by atoms with Gasteiger partial charge in [-0.2, -0.15) is 26.3 Å². The number of hydrogen-bond acceptors (Lipinski definition) is 8. The fourth-order valence-electron chi connectivity index (χ4n) is 3.81. The summed E-state index contributed by atoms with van der Waals surface area (Å²) in [5, 5.41) is 0. The number of likely N-dealkylation sites (tertiary alicyclic amines) is 1. The standard InChI is InChI=1S/C22H38NO4.C2F6NO4S2/c1-19(2)21(24)26-17-11-5-7-13-23(15-9-10-16-23)14-8-6-12-18-27-22(25)20(3)4;3-1(4,5)14(10,11)9-15(12,13)2(6,7)8/h1,3,5-18H2,2,4H3;/q+1;-1. The number of carbonyl (C=O) groups is 2. The van der Waals surface area contributed by atoms with E-state index >= 15 is 0 Å². The van der Waals surface area contributed by atoms with E-state index < -0.39 is 31.1 Å². The molecule has 1 rings (SSSR count). The predicted octanol–water partition coefficient (Wildman–Crippen LogP) is 5.24. The Morgan fingerprint density at radius 3 is 1.31 bits per heavy atom. The Morgan fingerprint density at radius 2 is 1.02 bits per heavy atom. The van der Waals surface area contributed by atoms with E-state index in [1.807, 2.05) is 0 Å². The van der Waals surface area contributed by atoms with Gasteiger partial charge in [-0.15, -0.1) is 0 Å². The van der Waals surface area contributed by atoms with Crippen LogP contribution in [0.4, 0.5) is 26.3 Å². The Bertz CT molecular complexity index is 1050. The second-order valence-electron chi connectivity index (χ2n) is 9.81. The molecule has 0 spiro atoms. The molecular weight excluding hydrogens is 622 g/mol. The highest BCUT2D eigenvalue weighted by Gasteiger charge is 2.47. The van der Waals surface area contributed by atoms with Crippen molar-refractivity contribution in [2.75, 3.05) is 39.4 Å². The zero-order valence-electron chi connectivity index (χ0n) is 23.6. The lowest BCUT2D eigenvalue weighted by atomic mass is 10.1. The molecule has 42 heavy (non-hydrogen) atoms.